The predicted molar refractivity (Wildman–Crippen MR) is 143 cm³/mol. The monoisotopic (exact) mass is 625 g/mol. The van der Waals surface area contributed by atoms with E-state index >= 15 is 0 Å². The van der Waals surface area contributed by atoms with Gasteiger partial charge in [0.1, 0.15) is 11.6 Å². The first kappa shape index (κ1) is 31.0. The highest BCUT2D eigenvalue weighted by molar-refractivity contribution is 6.09. The van der Waals surface area contributed by atoms with Gasteiger partial charge in [-0.1, -0.05) is 25.3 Å². The number of rotatable bonds is 4. The van der Waals surface area contributed by atoms with Crippen molar-refractivity contribution in [3.8, 4) is 0 Å². The zero-order valence-electron chi connectivity index (χ0n) is 22.9. The maximum atomic E-state index is 14.3. The lowest BCUT2D eigenvalue weighted by Gasteiger charge is -2.37. The summed E-state index contributed by atoms with van der Waals surface area (Å²) in [5, 5.41) is 2.25. The molecule has 0 spiro atoms. The number of amides is 1. The van der Waals surface area contributed by atoms with Gasteiger partial charge in [-0.2, -0.15) is 31.0 Å². The SMILES string of the molecule is CC1(n2c3c(NC(=O)c4cc(F)cc(C(F)(F)F)c4)cccc3c(=O)n2C(=O)c2cc(F)cc(C(F)(F)F)c2)CCCCC1. The number of carbonyl (C=O) groups excluding carboxylic acids is 2. The van der Waals surface area contributed by atoms with Crippen LogP contribution in [0.4, 0.5) is 40.8 Å². The number of benzene rings is 3. The Hall–Kier alpha value is -4.49. The molecule has 1 heterocycles. The molecule has 1 N–H and O–H groups in total. The standard InChI is InChI=1S/C30H23F8N3O3/c1-28(8-3-2-4-9-28)41-24-22(27(44)40(41)26(43)17-11-19(30(36,37)38)15-21(32)13-17)6-5-7-23(24)39-25(42)16-10-18(29(33,34)35)14-20(31)12-16/h5-7,10-15H,2-4,8-9H2,1H3,(H,39,42). The van der Waals surface area contributed by atoms with E-state index in [0.29, 0.717) is 54.6 Å². The van der Waals surface area contributed by atoms with Crippen molar-refractivity contribution in [3.05, 3.63) is 98.8 Å². The summed E-state index contributed by atoms with van der Waals surface area (Å²) in [7, 11) is 0. The van der Waals surface area contributed by atoms with E-state index in [4.69, 9.17) is 0 Å². The van der Waals surface area contributed by atoms with E-state index in [2.05, 4.69) is 5.32 Å². The maximum absolute atomic E-state index is 14.3. The first-order valence-corrected chi connectivity index (χ1v) is 13.4. The Bertz CT molecular complexity index is 1850. The van der Waals surface area contributed by atoms with Crippen LogP contribution in [0.2, 0.25) is 0 Å². The van der Waals surface area contributed by atoms with E-state index in [9.17, 15) is 49.5 Å². The highest BCUT2D eigenvalue weighted by Crippen LogP contribution is 2.39. The molecule has 0 bridgehead atoms. The number of alkyl halides is 6. The number of hydrogen-bond acceptors (Lipinski definition) is 3. The Balaban J connectivity index is 1.71. The van der Waals surface area contributed by atoms with Crippen LogP contribution < -0.4 is 10.9 Å². The molecule has 1 saturated carbocycles. The molecule has 14 heteroatoms. The van der Waals surface area contributed by atoms with E-state index in [1.165, 1.54) is 22.9 Å². The number of aromatic nitrogens is 2. The third kappa shape index (κ3) is 5.72. The maximum Gasteiger partial charge on any atom is 0.416 e. The fourth-order valence-electron chi connectivity index (χ4n) is 5.65. The molecule has 1 aliphatic carbocycles. The highest BCUT2D eigenvalue weighted by Gasteiger charge is 2.38. The number of nitrogens with one attached hydrogen (secondary N) is 1. The summed E-state index contributed by atoms with van der Waals surface area (Å²) in [4.78, 5) is 40.6. The fraction of sp³-hybridized carbons (Fsp3) is 0.300. The number of carbonyl (C=O) groups is 2. The Labute approximate surface area is 243 Å². The van der Waals surface area contributed by atoms with Crippen molar-refractivity contribution in [1.82, 2.24) is 9.36 Å². The Kier molecular flexibility index (Phi) is 7.67. The molecule has 44 heavy (non-hydrogen) atoms. The van der Waals surface area contributed by atoms with Gasteiger partial charge >= 0.3 is 12.4 Å². The van der Waals surface area contributed by atoms with Crippen molar-refractivity contribution in [3.63, 3.8) is 0 Å². The lowest BCUT2D eigenvalue weighted by atomic mass is 9.83. The van der Waals surface area contributed by atoms with Crippen molar-refractivity contribution in [2.75, 3.05) is 5.32 Å². The molecule has 0 atom stereocenters. The normalized spacial score (nSPS) is 15.4. The zero-order valence-corrected chi connectivity index (χ0v) is 22.9. The van der Waals surface area contributed by atoms with Crippen LogP contribution >= 0.6 is 0 Å². The molecule has 1 amide bonds. The summed E-state index contributed by atoms with van der Waals surface area (Å²) >= 11 is 0. The molecule has 1 aliphatic rings. The minimum atomic E-state index is -5.00. The number of nitrogens with zero attached hydrogens (tertiary/aromatic N) is 2. The number of hydrogen-bond donors (Lipinski definition) is 1. The van der Waals surface area contributed by atoms with Crippen LogP contribution in [0.15, 0.2) is 59.4 Å². The molecule has 232 valence electrons. The van der Waals surface area contributed by atoms with Crippen LogP contribution in [0.5, 0.6) is 0 Å². The van der Waals surface area contributed by atoms with Crippen molar-refractivity contribution in [2.24, 2.45) is 0 Å². The molecule has 6 nitrogen and oxygen atoms in total. The minimum Gasteiger partial charge on any atom is -0.320 e. The van der Waals surface area contributed by atoms with Gasteiger partial charge in [0.15, 0.2) is 0 Å². The Morgan fingerprint density at radius 1 is 0.795 bits per heavy atom. The average Bonchev–Trinajstić information content (AvgIpc) is 3.25. The third-order valence-electron chi connectivity index (χ3n) is 7.71. The molecule has 0 radical (unpaired) electrons. The smallest absolute Gasteiger partial charge is 0.320 e. The molecular formula is C30H23F8N3O3. The summed E-state index contributed by atoms with van der Waals surface area (Å²) in [6, 6.07) is 6.40. The van der Waals surface area contributed by atoms with Crippen LogP contribution in [0.25, 0.3) is 10.9 Å². The van der Waals surface area contributed by atoms with Gasteiger partial charge < -0.3 is 5.32 Å². The fourth-order valence-corrected chi connectivity index (χ4v) is 5.65. The molecule has 0 unspecified atom stereocenters. The van der Waals surface area contributed by atoms with Crippen molar-refractivity contribution < 1.29 is 44.7 Å². The lowest BCUT2D eigenvalue weighted by Crippen LogP contribution is -2.42. The topological polar surface area (TPSA) is 73.1 Å². The van der Waals surface area contributed by atoms with E-state index < -0.39 is 69.2 Å². The highest BCUT2D eigenvalue weighted by atomic mass is 19.4. The molecule has 5 rings (SSSR count). The van der Waals surface area contributed by atoms with Crippen LogP contribution in [-0.4, -0.2) is 21.2 Å². The Morgan fingerprint density at radius 2 is 1.34 bits per heavy atom. The average molecular weight is 626 g/mol. The minimum absolute atomic E-state index is 0.0384. The van der Waals surface area contributed by atoms with Gasteiger partial charge in [0.05, 0.1) is 33.3 Å². The molecule has 0 saturated heterocycles. The number of anilines is 1. The van der Waals surface area contributed by atoms with Gasteiger partial charge in [-0.25, -0.2) is 8.78 Å². The van der Waals surface area contributed by atoms with E-state index in [0.717, 1.165) is 6.42 Å². The molecular weight excluding hydrogens is 602 g/mol. The van der Waals surface area contributed by atoms with Gasteiger partial charge in [-0.15, -0.1) is 0 Å². The number of fused-ring (bicyclic) bond motifs is 1. The first-order valence-electron chi connectivity index (χ1n) is 13.4. The van der Waals surface area contributed by atoms with E-state index in [-0.39, 0.29) is 28.7 Å². The van der Waals surface area contributed by atoms with Gasteiger partial charge in [0.2, 0.25) is 0 Å². The summed E-state index contributed by atoms with van der Waals surface area (Å²) in [6.07, 6.45) is -7.03. The molecule has 1 fully saturated rings. The van der Waals surface area contributed by atoms with Crippen LogP contribution in [0.3, 0.4) is 0 Å². The molecule has 3 aromatic carbocycles. The first-order chi connectivity index (χ1) is 20.5. The summed E-state index contributed by atoms with van der Waals surface area (Å²) in [5.74, 6) is -5.10. The van der Waals surface area contributed by atoms with Gasteiger partial charge in [0, 0.05) is 11.1 Å². The summed E-state index contributed by atoms with van der Waals surface area (Å²) < 4.78 is 110. The summed E-state index contributed by atoms with van der Waals surface area (Å²) in [5.41, 5.74) is -6.43. The number of para-hydroxylation sites is 1. The van der Waals surface area contributed by atoms with Gasteiger partial charge in [-0.05, 0) is 68.3 Å². The second-order valence-corrected chi connectivity index (χ2v) is 10.9. The second kappa shape index (κ2) is 10.9. The zero-order chi connectivity index (χ0) is 32.2. The van der Waals surface area contributed by atoms with Crippen molar-refractivity contribution >= 4 is 28.4 Å². The van der Waals surface area contributed by atoms with Crippen LogP contribution in [0.1, 0.15) is 70.9 Å². The predicted octanol–water partition coefficient (Wildman–Crippen LogP) is 7.74. The quantitative estimate of drug-likeness (QED) is 0.236. The van der Waals surface area contributed by atoms with Gasteiger partial charge in [-0.3, -0.25) is 19.1 Å². The summed E-state index contributed by atoms with van der Waals surface area (Å²) in [6.45, 7) is 1.71. The molecule has 4 aromatic rings. The van der Waals surface area contributed by atoms with Crippen molar-refractivity contribution in [2.45, 2.75) is 56.9 Å². The second-order valence-electron chi connectivity index (χ2n) is 10.9. The van der Waals surface area contributed by atoms with Crippen molar-refractivity contribution in [1.29, 1.82) is 0 Å². The largest absolute Gasteiger partial charge is 0.416 e. The van der Waals surface area contributed by atoms with E-state index in [1.54, 1.807) is 6.92 Å². The molecule has 1 aromatic heterocycles. The lowest BCUT2D eigenvalue weighted by molar-refractivity contribution is -0.138. The molecule has 0 aliphatic heterocycles. The third-order valence-corrected chi connectivity index (χ3v) is 7.71. The van der Waals surface area contributed by atoms with Gasteiger partial charge in [0.25, 0.3) is 17.4 Å². The number of halogens is 8. The van der Waals surface area contributed by atoms with Crippen LogP contribution in [0, 0.1) is 11.6 Å². The Morgan fingerprint density at radius 3 is 1.91 bits per heavy atom. The van der Waals surface area contributed by atoms with Crippen LogP contribution in [-0.2, 0) is 17.9 Å². The van der Waals surface area contributed by atoms with E-state index in [1.807, 2.05) is 0 Å².